The third kappa shape index (κ3) is 4.19. The second kappa shape index (κ2) is 8.56. The highest BCUT2D eigenvalue weighted by atomic mass is 16.5. The second-order valence-corrected chi connectivity index (χ2v) is 7.21. The van der Waals surface area contributed by atoms with Crippen molar-refractivity contribution in [3.05, 3.63) is 59.2 Å². The maximum atomic E-state index is 5.48. The maximum Gasteiger partial charge on any atom is 0.161 e. The van der Waals surface area contributed by atoms with Crippen molar-refractivity contribution in [2.45, 2.75) is 31.3 Å². The molecule has 0 radical (unpaired) electrons. The topological polar surface area (TPSA) is 33.7 Å². The number of methoxy groups -OCH3 is 2. The van der Waals surface area contributed by atoms with Gasteiger partial charge in [-0.05, 0) is 62.2 Å². The van der Waals surface area contributed by atoms with Crippen LogP contribution in [0.1, 0.15) is 29.2 Å². The standard InChI is InChI=1S/C22H30N2O2/c1-24(2)20(18-10-12-21(25-3)22(14-18)26-4)15-23-19-11-9-16-7-5-6-8-17(16)13-19/h5-8,10,12,14,19-20,23H,9,11,13,15H2,1-4H3/t19-,20+/m0/s1. The molecule has 0 unspecified atom stereocenters. The Morgan fingerprint density at radius 3 is 2.46 bits per heavy atom. The molecule has 0 saturated heterocycles. The minimum Gasteiger partial charge on any atom is -0.493 e. The predicted molar refractivity (Wildman–Crippen MR) is 106 cm³/mol. The Morgan fingerprint density at radius 1 is 1.04 bits per heavy atom. The molecule has 4 heteroatoms. The Balaban J connectivity index is 1.68. The van der Waals surface area contributed by atoms with Gasteiger partial charge in [0.15, 0.2) is 11.5 Å². The molecule has 0 bridgehead atoms. The van der Waals surface area contributed by atoms with E-state index >= 15 is 0 Å². The maximum absolute atomic E-state index is 5.48. The lowest BCUT2D eigenvalue weighted by Gasteiger charge is -2.30. The first-order chi connectivity index (χ1) is 12.6. The zero-order chi connectivity index (χ0) is 18.5. The molecule has 1 N–H and O–H groups in total. The molecule has 140 valence electrons. The number of nitrogens with zero attached hydrogens (tertiary/aromatic N) is 1. The van der Waals surface area contributed by atoms with Crippen molar-refractivity contribution in [2.24, 2.45) is 0 Å². The first-order valence-corrected chi connectivity index (χ1v) is 9.31. The van der Waals surface area contributed by atoms with Crippen molar-refractivity contribution in [2.75, 3.05) is 34.9 Å². The first-order valence-electron chi connectivity index (χ1n) is 9.31. The Hall–Kier alpha value is -2.04. The molecule has 0 saturated carbocycles. The number of aryl methyl sites for hydroxylation is 1. The third-order valence-electron chi connectivity index (χ3n) is 5.36. The molecular weight excluding hydrogens is 324 g/mol. The van der Waals surface area contributed by atoms with Crippen LogP contribution in [0.4, 0.5) is 0 Å². The van der Waals surface area contributed by atoms with Gasteiger partial charge in [-0.15, -0.1) is 0 Å². The lowest BCUT2D eigenvalue weighted by atomic mass is 9.88. The predicted octanol–water partition coefficient (Wildman–Crippen LogP) is 3.45. The van der Waals surface area contributed by atoms with E-state index in [1.54, 1.807) is 14.2 Å². The lowest BCUT2D eigenvalue weighted by Crippen LogP contribution is -2.40. The molecule has 2 aromatic rings. The van der Waals surface area contributed by atoms with Crippen LogP contribution in [0.5, 0.6) is 11.5 Å². The van der Waals surface area contributed by atoms with Crippen LogP contribution >= 0.6 is 0 Å². The van der Waals surface area contributed by atoms with Crippen molar-refractivity contribution < 1.29 is 9.47 Å². The van der Waals surface area contributed by atoms with E-state index in [0.29, 0.717) is 6.04 Å². The monoisotopic (exact) mass is 354 g/mol. The molecule has 0 amide bonds. The molecule has 1 aliphatic carbocycles. The molecule has 3 rings (SSSR count). The van der Waals surface area contributed by atoms with E-state index in [1.807, 2.05) is 6.07 Å². The van der Waals surface area contributed by atoms with E-state index in [0.717, 1.165) is 30.9 Å². The summed E-state index contributed by atoms with van der Waals surface area (Å²) < 4.78 is 10.8. The number of rotatable bonds is 7. The van der Waals surface area contributed by atoms with E-state index in [4.69, 9.17) is 9.47 Å². The Morgan fingerprint density at radius 2 is 1.77 bits per heavy atom. The third-order valence-corrected chi connectivity index (χ3v) is 5.36. The number of nitrogens with one attached hydrogen (secondary N) is 1. The Labute approximate surface area is 157 Å². The second-order valence-electron chi connectivity index (χ2n) is 7.21. The van der Waals surface area contributed by atoms with E-state index in [-0.39, 0.29) is 6.04 Å². The van der Waals surface area contributed by atoms with Gasteiger partial charge >= 0.3 is 0 Å². The Kier molecular flexibility index (Phi) is 6.17. The molecule has 1 aliphatic rings. The summed E-state index contributed by atoms with van der Waals surface area (Å²) in [7, 11) is 7.60. The van der Waals surface area contributed by atoms with Crippen LogP contribution in [0.25, 0.3) is 0 Å². The highest BCUT2D eigenvalue weighted by Crippen LogP contribution is 2.31. The molecule has 2 aromatic carbocycles. The number of fused-ring (bicyclic) bond motifs is 1. The quantitative estimate of drug-likeness (QED) is 0.826. The van der Waals surface area contributed by atoms with Gasteiger partial charge in [-0.3, -0.25) is 0 Å². The highest BCUT2D eigenvalue weighted by molar-refractivity contribution is 5.44. The number of hydrogen-bond donors (Lipinski definition) is 1. The van der Waals surface area contributed by atoms with E-state index in [1.165, 1.54) is 23.1 Å². The SMILES string of the molecule is COc1ccc([C@@H](CN[C@H]2CCc3ccccc3C2)N(C)C)cc1OC. The summed E-state index contributed by atoms with van der Waals surface area (Å²) >= 11 is 0. The number of hydrogen-bond acceptors (Lipinski definition) is 4. The molecule has 0 heterocycles. The van der Waals surface area contributed by atoms with Gasteiger partial charge in [-0.1, -0.05) is 30.3 Å². The van der Waals surface area contributed by atoms with Gasteiger partial charge in [-0.2, -0.15) is 0 Å². The van der Waals surface area contributed by atoms with Gasteiger partial charge in [0.2, 0.25) is 0 Å². The number of benzene rings is 2. The summed E-state index contributed by atoms with van der Waals surface area (Å²) in [4.78, 5) is 2.25. The van der Waals surface area contributed by atoms with Crippen LogP contribution in [0, 0.1) is 0 Å². The molecular formula is C22H30N2O2. The van der Waals surface area contributed by atoms with Gasteiger partial charge in [0, 0.05) is 18.6 Å². The molecule has 0 aromatic heterocycles. The minimum absolute atomic E-state index is 0.284. The smallest absolute Gasteiger partial charge is 0.161 e. The van der Waals surface area contributed by atoms with Crippen molar-refractivity contribution in [3.8, 4) is 11.5 Å². The molecule has 4 nitrogen and oxygen atoms in total. The van der Waals surface area contributed by atoms with Crippen molar-refractivity contribution in [3.63, 3.8) is 0 Å². The van der Waals surface area contributed by atoms with Crippen molar-refractivity contribution >= 4 is 0 Å². The van der Waals surface area contributed by atoms with Gasteiger partial charge in [0.25, 0.3) is 0 Å². The van der Waals surface area contributed by atoms with E-state index in [2.05, 4.69) is 60.7 Å². The van der Waals surface area contributed by atoms with Crippen LogP contribution < -0.4 is 14.8 Å². The molecule has 26 heavy (non-hydrogen) atoms. The van der Waals surface area contributed by atoms with Crippen LogP contribution in [0.3, 0.4) is 0 Å². The van der Waals surface area contributed by atoms with E-state index < -0.39 is 0 Å². The minimum atomic E-state index is 0.284. The zero-order valence-corrected chi connectivity index (χ0v) is 16.3. The van der Waals surface area contributed by atoms with Gasteiger partial charge in [0.1, 0.15) is 0 Å². The normalized spacial score (nSPS) is 17.7. The average Bonchev–Trinajstić information content (AvgIpc) is 2.67. The van der Waals surface area contributed by atoms with Crippen LogP contribution in [0.15, 0.2) is 42.5 Å². The Bertz CT molecular complexity index is 730. The largest absolute Gasteiger partial charge is 0.493 e. The van der Waals surface area contributed by atoms with Crippen LogP contribution in [-0.4, -0.2) is 45.8 Å². The summed E-state index contributed by atoms with van der Waals surface area (Å²) in [5.41, 5.74) is 4.23. The number of ether oxygens (including phenoxy) is 2. The fraction of sp³-hybridized carbons (Fsp3) is 0.455. The van der Waals surface area contributed by atoms with Gasteiger partial charge in [-0.25, -0.2) is 0 Å². The fourth-order valence-electron chi connectivity index (χ4n) is 3.81. The highest BCUT2D eigenvalue weighted by Gasteiger charge is 2.21. The van der Waals surface area contributed by atoms with Crippen LogP contribution in [-0.2, 0) is 12.8 Å². The summed E-state index contributed by atoms with van der Waals surface area (Å²) in [6, 6.07) is 15.8. The van der Waals surface area contributed by atoms with Crippen LogP contribution in [0.2, 0.25) is 0 Å². The first kappa shape index (κ1) is 18.7. The molecule has 0 aliphatic heterocycles. The van der Waals surface area contributed by atoms with Gasteiger partial charge in [0.05, 0.1) is 14.2 Å². The summed E-state index contributed by atoms with van der Waals surface area (Å²) in [5.74, 6) is 1.55. The number of likely N-dealkylation sites (N-methyl/N-ethyl adjacent to an activating group) is 1. The fourth-order valence-corrected chi connectivity index (χ4v) is 3.81. The molecule has 2 atom stereocenters. The zero-order valence-electron chi connectivity index (χ0n) is 16.3. The van der Waals surface area contributed by atoms with Gasteiger partial charge < -0.3 is 19.7 Å². The molecule has 0 fully saturated rings. The summed E-state index contributed by atoms with van der Waals surface area (Å²) in [5, 5.41) is 3.79. The van der Waals surface area contributed by atoms with E-state index in [9.17, 15) is 0 Å². The summed E-state index contributed by atoms with van der Waals surface area (Å²) in [6.45, 7) is 0.912. The average molecular weight is 354 g/mol. The van der Waals surface area contributed by atoms with Crippen molar-refractivity contribution in [1.29, 1.82) is 0 Å². The van der Waals surface area contributed by atoms with Crippen molar-refractivity contribution in [1.82, 2.24) is 10.2 Å². The molecule has 0 spiro atoms. The lowest BCUT2D eigenvalue weighted by molar-refractivity contribution is 0.273. The summed E-state index contributed by atoms with van der Waals surface area (Å²) in [6.07, 6.45) is 3.47.